The predicted octanol–water partition coefficient (Wildman–Crippen LogP) is 2.25. The molecule has 0 aliphatic heterocycles. The van der Waals surface area contributed by atoms with Crippen LogP contribution in [-0.2, 0) is 4.79 Å². The van der Waals surface area contributed by atoms with Crippen LogP contribution in [0.5, 0.6) is 0 Å². The van der Waals surface area contributed by atoms with E-state index in [0.29, 0.717) is 5.92 Å². The zero-order valence-corrected chi connectivity index (χ0v) is 11.9. The van der Waals surface area contributed by atoms with E-state index in [9.17, 15) is 4.79 Å². The van der Waals surface area contributed by atoms with Crippen LogP contribution in [0, 0.1) is 11.3 Å². The molecule has 0 saturated heterocycles. The minimum atomic E-state index is -0.366. The fourth-order valence-corrected chi connectivity index (χ4v) is 1.64. The van der Waals surface area contributed by atoms with Gasteiger partial charge in [0.1, 0.15) is 0 Å². The van der Waals surface area contributed by atoms with E-state index >= 15 is 0 Å². The lowest BCUT2D eigenvalue weighted by molar-refractivity contribution is -0.135. The summed E-state index contributed by atoms with van der Waals surface area (Å²) < 4.78 is 0. The van der Waals surface area contributed by atoms with Crippen LogP contribution >= 0.6 is 0 Å². The van der Waals surface area contributed by atoms with Gasteiger partial charge in [0.2, 0.25) is 5.91 Å². The van der Waals surface area contributed by atoms with Crippen molar-refractivity contribution >= 4 is 5.91 Å². The molecule has 2 N–H and O–H groups in total. The Morgan fingerprint density at radius 2 is 1.69 bits per heavy atom. The summed E-state index contributed by atoms with van der Waals surface area (Å²) in [6, 6.07) is -0.173. The first-order chi connectivity index (χ1) is 7.07. The van der Waals surface area contributed by atoms with Gasteiger partial charge < -0.3 is 10.6 Å². The highest BCUT2D eigenvalue weighted by molar-refractivity contribution is 5.81. The molecule has 16 heavy (non-hydrogen) atoms. The molecule has 1 unspecified atom stereocenters. The average Bonchev–Trinajstić information content (AvgIpc) is 2.11. The van der Waals surface area contributed by atoms with Gasteiger partial charge in [-0.1, -0.05) is 34.6 Å². The van der Waals surface area contributed by atoms with Crippen molar-refractivity contribution in [2.45, 2.75) is 60.0 Å². The molecule has 0 aromatic heterocycles. The van der Waals surface area contributed by atoms with Crippen molar-refractivity contribution in [3.05, 3.63) is 0 Å². The number of rotatable bonds is 4. The molecule has 0 aromatic rings. The summed E-state index contributed by atoms with van der Waals surface area (Å²) in [5.41, 5.74) is 5.99. The number of nitrogens with zero attached hydrogens (tertiary/aromatic N) is 1. The highest BCUT2D eigenvalue weighted by Crippen LogP contribution is 2.23. The molecule has 0 saturated carbocycles. The van der Waals surface area contributed by atoms with E-state index in [4.69, 9.17) is 5.73 Å². The Hall–Kier alpha value is -0.570. The number of carbonyl (C=O) groups is 1. The average molecular weight is 228 g/mol. The van der Waals surface area contributed by atoms with Crippen LogP contribution in [0.2, 0.25) is 0 Å². The van der Waals surface area contributed by atoms with Crippen molar-refractivity contribution in [1.82, 2.24) is 4.90 Å². The summed E-state index contributed by atoms with van der Waals surface area (Å²) in [5, 5.41) is 0. The topological polar surface area (TPSA) is 46.3 Å². The third-order valence-corrected chi connectivity index (χ3v) is 3.22. The van der Waals surface area contributed by atoms with E-state index in [0.717, 1.165) is 6.42 Å². The number of nitrogens with two attached hydrogens (primary N) is 1. The fraction of sp³-hybridized carbons (Fsp3) is 0.923. The van der Waals surface area contributed by atoms with Crippen LogP contribution in [-0.4, -0.2) is 29.9 Å². The molecule has 0 spiro atoms. The lowest BCUT2D eigenvalue weighted by atomic mass is 9.86. The molecule has 0 heterocycles. The van der Waals surface area contributed by atoms with Crippen molar-refractivity contribution in [2.75, 3.05) is 7.05 Å². The molecule has 3 nitrogen and oxygen atoms in total. The monoisotopic (exact) mass is 228 g/mol. The van der Waals surface area contributed by atoms with Crippen LogP contribution < -0.4 is 5.73 Å². The molecule has 0 radical (unpaired) electrons. The maximum atomic E-state index is 12.1. The second-order valence-corrected chi connectivity index (χ2v) is 6.23. The highest BCUT2D eigenvalue weighted by atomic mass is 16.2. The molecule has 0 rings (SSSR count). The smallest absolute Gasteiger partial charge is 0.239 e. The molecule has 0 aliphatic rings. The largest absolute Gasteiger partial charge is 0.341 e. The third-order valence-electron chi connectivity index (χ3n) is 3.22. The van der Waals surface area contributed by atoms with E-state index in [1.807, 2.05) is 7.05 Å². The molecular formula is C13H28N2O. The lowest BCUT2D eigenvalue weighted by Crippen LogP contribution is -2.50. The second-order valence-electron chi connectivity index (χ2n) is 6.23. The first-order valence-electron chi connectivity index (χ1n) is 6.09. The summed E-state index contributed by atoms with van der Waals surface area (Å²) in [4.78, 5) is 13.9. The summed E-state index contributed by atoms with van der Waals surface area (Å²) in [7, 11) is 1.85. The molecule has 0 aliphatic carbocycles. The van der Waals surface area contributed by atoms with Crippen LogP contribution in [0.1, 0.15) is 48.0 Å². The standard InChI is InChI=1S/C13H28N2O/c1-9(2)8-11(14)12(16)15(7)10(3)13(4,5)6/h9-11H,8,14H2,1-7H3/t10?,11-/m1/s1. The van der Waals surface area contributed by atoms with E-state index in [1.54, 1.807) is 4.90 Å². The van der Waals surface area contributed by atoms with Crippen LogP contribution in [0.3, 0.4) is 0 Å². The third kappa shape index (κ3) is 4.52. The molecular weight excluding hydrogens is 200 g/mol. The molecule has 1 amide bonds. The van der Waals surface area contributed by atoms with E-state index in [1.165, 1.54) is 0 Å². The Bertz CT molecular complexity index is 231. The SMILES string of the molecule is CC(C)C[C@@H](N)C(=O)N(C)C(C)C(C)(C)C. The van der Waals surface area contributed by atoms with Crippen molar-refractivity contribution in [1.29, 1.82) is 0 Å². The minimum absolute atomic E-state index is 0.0520. The number of amides is 1. The molecule has 0 fully saturated rings. The molecule has 0 aromatic carbocycles. The summed E-state index contributed by atoms with van der Waals surface area (Å²) >= 11 is 0. The number of likely N-dealkylation sites (N-methyl/N-ethyl adjacent to an activating group) is 1. The summed E-state index contributed by atoms with van der Waals surface area (Å²) in [6.45, 7) is 12.6. The zero-order chi connectivity index (χ0) is 13.1. The quantitative estimate of drug-likeness (QED) is 0.802. The van der Waals surface area contributed by atoms with Crippen LogP contribution in [0.4, 0.5) is 0 Å². The number of hydrogen-bond acceptors (Lipinski definition) is 2. The van der Waals surface area contributed by atoms with Gasteiger partial charge in [-0.25, -0.2) is 0 Å². The van der Waals surface area contributed by atoms with Gasteiger partial charge >= 0.3 is 0 Å². The first-order valence-corrected chi connectivity index (χ1v) is 6.09. The highest BCUT2D eigenvalue weighted by Gasteiger charge is 2.29. The minimum Gasteiger partial charge on any atom is -0.341 e. The zero-order valence-electron chi connectivity index (χ0n) is 11.9. The van der Waals surface area contributed by atoms with Gasteiger partial charge in [-0.2, -0.15) is 0 Å². The van der Waals surface area contributed by atoms with Crippen molar-refractivity contribution in [2.24, 2.45) is 17.1 Å². The van der Waals surface area contributed by atoms with E-state index in [-0.39, 0.29) is 23.4 Å². The van der Waals surface area contributed by atoms with Gasteiger partial charge in [0, 0.05) is 13.1 Å². The van der Waals surface area contributed by atoms with Gasteiger partial charge in [0.05, 0.1) is 6.04 Å². The first kappa shape index (κ1) is 15.4. The van der Waals surface area contributed by atoms with Gasteiger partial charge in [-0.05, 0) is 24.7 Å². The Labute approximate surface area is 100 Å². The molecule has 96 valence electrons. The van der Waals surface area contributed by atoms with Gasteiger partial charge in [0.15, 0.2) is 0 Å². The van der Waals surface area contributed by atoms with Gasteiger partial charge in [-0.3, -0.25) is 4.79 Å². The molecule has 2 atom stereocenters. The lowest BCUT2D eigenvalue weighted by Gasteiger charge is -2.36. The van der Waals surface area contributed by atoms with Gasteiger partial charge in [0.25, 0.3) is 0 Å². The van der Waals surface area contributed by atoms with Crippen molar-refractivity contribution < 1.29 is 4.79 Å². The maximum Gasteiger partial charge on any atom is 0.239 e. The fourth-order valence-electron chi connectivity index (χ4n) is 1.64. The summed E-state index contributed by atoms with van der Waals surface area (Å²) in [5.74, 6) is 0.508. The van der Waals surface area contributed by atoms with Crippen LogP contribution in [0.15, 0.2) is 0 Å². The second kappa shape index (κ2) is 5.67. The van der Waals surface area contributed by atoms with Crippen molar-refractivity contribution in [3.63, 3.8) is 0 Å². The normalized spacial score (nSPS) is 16.1. The van der Waals surface area contributed by atoms with Gasteiger partial charge in [-0.15, -0.1) is 0 Å². The molecule has 3 heteroatoms. The Morgan fingerprint density at radius 3 is 2.00 bits per heavy atom. The van der Waals surface area contributed by atoms with E-state index in [2.05, 4.69) is 41.5 Å². The van der Waals surface area contributed by atoms with Crippen molar-refractivity contribution in [3.8, 4) is 0 Å². The number of hydrogen-bond donors (Lipinski definition) is 1. The van der Waals surface area contributed by atoms with E-state index < -0.39 is 0 Å². The predicted molar refractivity (Wildman–Crippen MR) is 69.1 cm³/mol. The van der Waals surface area contributed by atoms with Crippen LogP contribution in [0.25, 0.3) is 0 Å². The number of carbonyl (C=O) groups excluding carboxylic acids is 1. The molecule has 0 bridgehead atoms. The Kier molecular flexibility index (Phi) is 5.47. The Morgan fingerprint density at radius 1 is 1.25 bits per heavy atom. The Balaban J connectivity index is 4.50. The maximum absolute atomic E-state index is 12.1. The summed E-state index contributed by atoms with van der Waals surface area (Å²) in [6.07, 6.45) is 0.750.